The molecule has 23 heavy (non-hydrogen) atoms. The maximum absolute atomic E-state index is 12.7. The highest BCUT2D eigenvalue weighted by Gasteiger charge is 2.32. The van der Waals surface area contributed by atoms with Gasteiger partial charge in [-0.05, 0) is 12.5 Å². The largest absolute Gasteiger partial charge is 0.481 e. The number of nitro groups is 1. The normalized spacial score (nSPS) is 17.5. The van der Waals surface area contributed by atoms with Crippen LogP contribution in [0, 0.1) is 16.0 Å². The van der Waals surface area contributed by atoms with Gasteiger partial charge in [-0.1, -0.05) is 13.8 Å². The van der Waals surface area contributed by atoms with E-state index in [-0.39, 0.29) is 29.0 Å². The number of amides is 1. The monoisotopic (exact) mass is 338 g/mol. The standard InChI is InChI=1S/C15H18N2O5S/c1-9(2)23-13-4-3-11(17(21)22)7-12(13)14(18)16-6-5-10(8-16)15(19)20/h3-4,7,9-10H,5-6,8H2,1-2H3,(H,19,20). The van der Waals surface area contributed by atoms with Gasteiger partial charge in [-0.25, -0.2) is 0 Å². The van der Waals surface area contributed by atoms with Gasteiger partial charge in [0, 0.05) is 35.4 Å². The van der Waals surface area contributed by atoms with Crippen LogP contribution in [-0.2, 0) is 4.79 Å². The number of carboxylic acids is 1. The predicted octanol–water partition coefficient (Wildman–Crippen LogP) is 2.64. The van der Waals surface area contributed by atoms with Crippen LogP contribution in [0.5, 0.6) is 0 Å². The Balaban J connectivity index is 2.31. The number of carbonyl (C=O) groups is 2. The van der Waals surface area contributed by atoms with Gasteiger partial charge >= 0.3 is 5.97 Å². The molecule has 1 amide bonds. The van der Waals surface area contributed by atoms with Gasteiger partial charge in [-0.2, -0.15) is 0 Å². The van der Waals surface area contributed by atoms with Crippen molar-refractivity contribution in [2.45, 2.75) is 30.4 Å². The van der Waals surface area contributed by atoms with Crippen LogP contribution in [0.15, 0.2) is 23.1 Å². The van der Waals surface area contributed by atoms with Crippen LogP contribution in [0.25, 0.3) is 0 Å². The lowest BCUT2D eigenvalue weighted by Crippen LogP contribution is -2.30. The van der Waals surface area contributed by atoms with Gasteiger partial charge in [0.05, 0.1) is 16.4 Å². The lowest BCUT2D eigenvalue weighted by molar-refractivity contribution is -0.384. The zero-order valence-electron chi connectivity index (χ0n) is 12.9. The fraction of sp³-hybridized carbons (Fsp3) is 0.467. The van der Waals surface area contributed by atoms with Crippen LogP contribution in [0.1, 0.15) is 30.6 Å². The van der Waals surface area contributed by atoms with Gasteiger partial charge in [0.25, 0.3) is 11.6 Å². The molecule has 1 fully saturated rings. The summed E-state index contributed by atoms with van der Waals surface area (Å²) in [7, 11) is 0. The summed E-state index contributed by atoms with van der Waals surface area (Å²) in [4.78, 5) is 36.3. The number of carboxylic acid groups (broad SMARTS) is 1. The lowest BCUT2D eigenvalue weighted by Gasteiger charge is -2.18. The smallest absolute Gasteiger partial charge is 0.308 e. The third-order valence-corrected chi connectivity index (χ3v) is 4.67. The van der Waals surface area contributed by atoms with E-state index in [0.29, 0.717) is 17.9 Å². The number of aliphatic carboxylic acids is 1. The minimum absolute atomic E-state index is 0.142. The summed E-state index contributed by atoms with van der Waals surface area (Å²) in [5.41, 5.74) is 0.124. The molecule has 1 saturated heterocycles. The van der Waals surface area contributed by atoms with Crippen LogP contribution >= 0.6 is 11.8 Å². The van der Waals surface area contributed by atoms with Crippen LogP contribution in [0.4, 0.5) is 5.69 Å². The molecule has 124 valence electrons. The summed E-state index contributed by atoms with van der Waals surface area (Å²) in [6.07, 6.45) is 0.405. The fourth-order valence-electron chi connectivity index (χ4n) is 2.47. The SMILES string of the molecule is CC(C)Sc1ccc([N+](=O)[O-])cc1C(=O)N1CCC(C(=O)O)C1. The second-order valence-electron chi connectivity index (χ2n) is 5.68. The zero-order chi connectivity index (χ0) is 17.1. The third kappa shape index (κ3) is 4.01. The number of likely N-dealkylation sites (tertiary alicyclic amines) is 1. The Morgan fingerprint density at radius 1 is 1.43 bits per heavy atom. The molecule has 1 aromatic rings. The molecular weight excluding hydrogens is 320 g/mol. The molecule has 0 saturated carbocycles. The van der Waals surface area contributed by atoms with Crippen LogP contribution in [-0.4, -0.2) is 45.1 Å². The van der Waals surface area contributed by atoms with E-state index in [0.717, 1.165) is 0 Å². The van der Waals surface area contributed by atoms with Crippen molar-refractivity contribution in [3.05, 3.63) is 33.9 Å². The predicted molar refractivity (Wildman–Crippen MR) is 85.7 cm³/mol. The van der Waals surface area contributed by atoms with Gasteiger partial charge < -0.3 is 10.0 Å². The molecule has 2 rings (SSSR count). The quantitative estimate of drug-likeness (QED) is 0.503. The van der Waals surface area contributed by atoms with Crippen LogP contribution in [0.3, 0.4) is 0 Å². The highest BCUT2D eigenvalue weighted by atomic mass is 32.2. The van der Waals surface area contributed by atoms with Crippen molar-refractivity contribution in [3.8, 4) is 0 Å². The van der Waals surface area contributed by atoms with E-state index in [1.807, 2.05) is 13.8 Å². The number of thioether (sulfide) groups is 1. The Kier molecular flexibility index (Phi) is 5.25. The molecule has 1 N–H and O–H groups in total. The fourth-order valence-corrected chi connectivity index (χ4v) is 3.40. The molecule has 1 atom stereocenters. The van der Waals surface area contributed by atoms with E-state index in [1.54, 1.807) is 6.07 Å². The third-order valence-electron chi connectivity index (χ3n) is 3.59. The summed E-state index contributed by atoms with van der Waals surface area (Å²) in [5, 5.41) is 20.2. The molecule has 0 aliphatic carbocycles. The molecule has 1 heterocycles. The number of benzene rings is 1. The number of hydrogen-bond acceptors (Lipinski definition) is 5. The molecule has 0 radical (unpaired) electrons. The maximum atomic E-state index is 12.7. The van der Waals surface area contributed by atoms with Crippen LogP contribution in [0.2, 0.25) is 0 Å². The Morgan fingerprint density at radius 2 is 2.13 bits per heavy atom. The van der Waals surface area contributed by atoms with Gasteiger partial charge in [0.1, 0.15) is 0 Å². The first kappa shape index (κ1) is 17.3. The summed E-state index contributed by atoms with van der Waals surface area (Å²) in [5.74, 6) is -1.84. The molecule has 1 aromatic carbocycles. The second kappa shape index (κ2) is 6.99. The molecule has 0 aromatic heterocycles. The first-order chi connectivity index (χ1) is 10.8. The van der Waals surface area contributed by atoms with Crippen molar-refractivity contribution < 1.29 is 19.6 Å². The maximum Gasteiger partial charge on any atom is 0.308 e. The van der Waals surface area contributed by atoms with E-state index in [2.05, 4.69) is 0 Å². The van der Waals surface area contributed by atoms with E-state index in [9.17, 15) is 19.7 Å². The molecular formula is C15H18N2O5S. The van der Waals surface area contributed by atoms with Crippen molar-refractivity contribution in [2.75, 3.05) is 13.1 Å². The van der Waals surface area contributed by atoms with E-state index < -0.39 is 16.8 Å². The summed E-state index contributed by atoms with van der Waals surface area (Å²) < 4.78 is 0. The Bertz CT molecular complexity index is 647. The number of carbonyl (C=O) groups excluding carboxylic acids is 1. The molecule has 0 bridgehead atoms. The van der Waals surface area contributed by atoms with Crippen molar-refractivity contribution in [2.24, 2.45) is 5.92 Å². The van der Waals surface area contributed by atoms with Gasteiger partial charge in [-0.3, -0.25) is 19.7 Å². The lowest BCUT2D eigenvalue weighted by atomic mass is 10.1. The van der Waals surface area contributed by atoms with Crippen molar-refractivity contribution in [1.29, 1.82) is 0 Å². The Morgan fingerprint density at radius 3 is 2.65 bits per heavy atom. The summed E-state index contributed by atoms with van der Waals surface area (Å²) in [6, 6.07) is 4.24. The second-order valence-corrected chi connectivity index (χ2v) is 7.30. The van der Waals surface area contributed by atoms with Gasteiger partial charge in [0.2, 0.25) is 0 Å². The van der Waals surface area contributed by atoms with E-state index >= 15 is 0 Å². The molecule has 0 spiro atoms. The highest BCUT2D eigenvalue weighted by Crippen LogP contribution is 2.31. The molecule has 7 nitrogen and oxygen atoms in total. The molecule has 1 aliphatic rings. The summed E-state index contributed by atoms with van der Waals surface area (Å²) in [6.45, 7) is 4.43. The Labute approximate surface area is 137 Å². The van der Waals surface area contributed by atoms with Crippen molar-refractivity contribution >= 4 is 29.3 Å². The van der Waals surface area contributed by atoms with E-state index in [4.69, 9.17) is 5.11 Å². The minimum atomic E-state index is -0.920. The number of non-ortho nitro benzene ring substituents is 1. The number of hydrogen-bond donors (Lipinski definition) is 1. The van der Waals surface area contributed by atoms with E-state index in [1.165, 1.54) is 28.8 Å². The zero-order valence-corrected chi connectivity index (χ0v) is 13.7. The number of rotatable bonds is 5. The van der Waals surface area contributed by atoms with Crippen molar-refractivity contribution in [3.63, 3.8) is 0 Å². The number of nitrogens with zero attached hydrogens (tertiary/aromatic N) is 2. The van der Waals surface area contributed by atoms with Gasteiger partial charge in [0.15, 0.2) is 0 Å². The molecule has 1 aliphatic heterocycles. The molecule has 8 heteroatoms. The summed E-state index contributed by atoms with van der Waals surface area (Å²) >= 11 is 1.45. The minimum Gasteiger partial charge on any atom is -0.481 e. The average Bonchev–Trinajstić information content (AvgIpc) is 2.96. The van der Waals surface area contributed by atoms with Crippen molar-refractivity contribution in [1.82, 2.24) is 4.90 Å². The average molecular weight is 338 g/mol. The highest BCUT2D eigenvalue weighted by molar-refractivity contribution is 8.00. The van der Waals surface area contributed by atoms with Crippen LogP contribution < -0.4 is 0 Å². The first-order valence-electron chi connectivity index (χ1n) is 7.26. The number of nitro benzene ring substituents is 1. The Hall–Kier alpha value is -2.09. The molecule has 1 unspecified atom stereocenters. The topological polar surface area (TPSA) is 101 Å². The van der Waals surface area contributed by atoms with Gasteiger partial charge in [-0.15, -0.1) is 11.8 Å². The first-order valence-corrected chi connectivity index (χ1v) is 8.14.